The molecule has 3 aromatic rings. The third-order valence-corrected chi connectivity index (χ3v) is 6.31. The number of aryl methyl sites for hydroxylation is 2. The number of nitrogens with zero attached hydrogens (tertiary/aromatic N) is 6. The van der Waals surface area contributed by atoms with E-state index in [1.165, 1.54) is 11.3 Å². The Morgan fingerprint density at radius 2 is 2.00 bits per heavy atom. The summed E-state index contributed by atoms with van der Waals surface area (Å²) in [5.41, 5.74) is 0.907. The number of thiophene rings is 1. The molecule has 0 aromatic carbocycles. The molecule has 148 valence electrons. The lowest BCUT2D eigenvalue weighted by Crippen LogP contribution is -2.46. The average Bonchev–Trinajstić information content (AvgIpc) is 3.26. The molecule has 4 heterocycles. The summed E-state index contributed by atoms with van der Waals surface area (Å²) in [7, 11) is 2.02. The van der Waals surface area contributed by atoms with Gasteiger partial charge in [0.1, 0.15) is 27.7 Å². The molecule has 1 aliphatic rings. The van der Waals surface area contributed by atoms with Gasteiger partial charge in [0.2, 0.25) is 0 Å². The van der Waals surface area contributed by atoms with E-state index < -0.39 is 0 Å². The number of fused-ring (bicyclic) bond motifs is 1. The summed E-state index contributed by atoms with van der Waals surface area (Å²) in [4.78, 5) is 31.8. The zero-order valence-corrected chi connectivity index (χ0v) is 17.2. The number of ether oxygens (including phenoxy) is 1. The van der Waals surface area contributed by atoms with Gasteiger partial charge in [-0.05, 0) is 19.4 Å². The first-order valence-corrected chi connectivity index (χ1v) is 10.2. The number of aromatic nitrogens is 4. The number of piperazine rings is 1. The summed E-state index contributed by atoms with van der Waals surface area (Å²) in [6.45, 7) is 8.61. The van der Waals surface area contributed by atoms with Crippen LogP contribution in [0, 0.1) is 6.92 Å². The van der Waals surface area contributed by atoms with Crippen molar-refractivity contribution < 1.29 is 9.53 Å². The number of anilines is 1. The predicted octanol–water partition coefficient (Wildman–Crippen LogP) is 2.23. The highest BCUT2D eigenvalue weighted by atomic mass is 32.1. The third-order valence-electron chi connectivity index (χ3n) is 5.13. The van der Waals surface area contributed by atoms with Crippen molar-refractivity contribution in [2.45, 2.75) is 20.4 Å². The smallest absolute Gasteiger partial charge is 0.348 e. The number of esters is 1. The fraction of sp³-hybridized carbons (Fsp3) is 0.474. The molecule has 0 N–H and O–H groups in total. The summed E-state index contributed by atoms with van der Waals surface area (Å²) < 4.78 is 7.25. The standard InChI is InChI=1S/C19H24N6O2S/c1-4-27-19(26)16-13(2)15-17(21-12-22-18(15)28-16)25-9-7-24(8-10-25)11-14-20-5-6-23(14)3/h5-6,12H,4,7-11H2,1-3H3. The molecule has 9 heteroatoms. The molecular formula is C19H24N6O2S. The van der Waals surface area contributed by atoms with Crippen LogP contribution in [0.2, 0.25) is 0 Å². The van der Waals surface area contributed by atoms with Gasteiger partial charge in [-0.2, -0.15) is 0 Å². The second kappa shape index (κ2) is 7.84. The fourth-order valence-electron chi connectivity index (χ4n) is 3.55. The van der Waals surface area contributed by atoms with Gasteiger partial charge < -0.3 is 14.2 Å². The second-order valence-corrected chi connectivity index (χ2v) is 7.87. The zero-order valence-electron chi connectivity index (χ0n) is 16.4. The van der Waals surface area contributed by atoms with Gasteiger partial charge in [-0.3, -0.25) is 4.90 Å². The van der Waals surface area contributed by atoms with Crippen LogP contribution >= 0.6 is 11.3 Å². The number of rotatable bonds is 5. The maximum absolute atomic E-state index is 12.3. The van der Waals surface area contributed by atoms with Crippen LogP contribution in [0.4, 0.5) is 5.82 Å². The van der Waals surface area contributed by atoms with Crippen LogP contribution in [-0.4, -0.2) is 63.2 Å². The zero-order chi connectivity index (χ0) is 19.7. The molecule has 8 nitrogen and oxygen atoms in total. The van der Waals surface area contributed by atoms with E-state index in [9.17, 15) is 4.79 Å². The largest absolute Gasteiger partial charge is 0.462 e. The maximum Gasteiger partial charge on any atom is 0.348 e. The van der Waals surface area contributed by atoms with Crippen molar-refractivity contribution in [3.05, 3.63) is 35.0 Å². The van der Waals surface area contributed by atoms with E-state index in [0.29, 0.717) is 11.5 Å². The van der Waals surface area contributed by atoms with Crippen LogP contribution < -0.4 is 4.90 Å². The summed E-state index contributed by atoms with van der Waals surface area (Å²) >= 11 is 1.38. The van der Waals surface area contributed by atoms with Crippen molar-refractivity contribution in [2.75, 3.05) is 37.7 Å². The van der Waals surface area contributed by atoms with Crippen molar-refractivity contribution in [2.24, 2.45) is 7.05 Å². The third kappa shape index (κ3) is 3.47. The number of carbonyl (C=O) groups is 1. The van der Waals surface area contributed by atoms with Gasteiger partial charge in [-0.25, -0.2) is 19.7 Å². The lowest BCUT2D eigenvalue weighted by molar-refractivity contribution is 0.0531. The number of imidazole rings is 1. The molecule has 0 saturated carbocycles. The van der Waals surface area contributed by atoms with E-state index in [1.807, 2.05) is 33.3 Å². The van der Waals surface area contributed by atoms with Crippen LogP contribution in [0.3, 0.4) is 0 Å². The topological polar surface area (TPSA) is 76.4 Å². The van der Waals surface area contributed by atoms with Crippen LogP contribution in [0.5, 0.6) is 0 Å². The fourth-order valence-corrected chi connectivity index (χ4v) is 4.59. The Morgan fingerprint density at radius 1 is 1.21 bits per heavy atom. The Hall–Kier alpha value is -2.52. The SMILES string of the molecule is CCOC(=O)c1sc2ncnc(N3CCN(Cc4nccn4C)CC3)c2c1C. The average molecular weight is 401 g/mol. The second-order valence-electron chi connectivity index (χ2n) is 6.87. The van der Waals surface area contributed by atoms with E-state index in [-0.39, 0.29) is 5.97 Å². The van der Waals surface area contributed by atoms with E-state index in [2.05, 4.69) is 29.3 Å². The van der Waals surface area contributed by atoms with Crippen LogP contribution in [-0.2, 0) is 18.3 Å². The minimum atomic E-state index is -0.283. The molecule has 0 atom stereocenters. The monoisotopic (exact) mass is 400 g/mol. The molecule has 0 amide bonds. The first-order valence-electron chi connectivity index (χ1n) is 9.43. The first kappa shape index (κ1) is 18.8. The number of hydrogen-bond donors (Lipinski definition) is 0. The van der Waals surface area contributed by atoms with Crippen molar-refractivity contribution in [1.82, 2.24) is 24.4 Å². The molecular weight excluding hydrogens is 376 g/mol. The molecule has 0 aliphatic carbocycles. The quantitative estimate of drug-likeness (QED) is 0.608. The minimum Gasteiger partial charge on any atom is -0.462 e. The summed E-state index contributed by atoms with van der Waals surface area (Å²) in [5.74, 6) is 1.70. The van der Waals surface area contributed by atoms with Gasteiger partial charge in [0.25, 0.3) is 0 Å². The van der Waals surface area contributed by atoms with E-state index in [4.69, 9.17) is 4.74 Å². The van der Waals surface area contributed by atoms with Crippen molar-refractivity contribution in [3.8, 4) is 0 Å². The molecule has 1 fully saturated rings. The minimum absolute atomic E-state index is 0.283. The van der Waals surface area contributed by atoms with E-state index >= 15 is 0 Å². The molecule has 1 aliphatic heterocycles. The Morgan fingerprint density at radius 3 is 2.68 bits per heavy atom. The molecule has 0 bridgehead atoms. The number of carbonyl (C=O) groups excluding carboxylic acids is 1. The maximum atomic E-state index is 12.3. The summed E-state index contributed by atoms with van der Waals surface area (Å²) in [6, 6.07) is 0. The Balaban J connectivity index is 1.53. The summed E-state index contributed by atoms with van der Waals surface area (Å²) in [6.07, 6.45) is 5.40. The molecule has 1 saturated heterocycles. The Kier molecular flexibility index (Phi) is 5.27. The highest BCUT2D eigenvalue weighted by Crippen LogP contribution is 2.35. The Bertz CT molecular complexity index is 990. The number of hydrogen-bond acceptors (Lipinski definition) is 8. The Labute approximate surface area is 167 Å². The van der Waals surface area contributed by atoms with Crippen molar-refractivity contribution in [3.63, 3.8) is 0 Å². The van der Waals surface area contributed by atoms with Gasteiger partial charge in [-0.15, -0.1) is 11.3 Å². The van der Waals surface area contributed by atoms with Gasteiger partial charge in [0, 0.05) is 45.6 Å². The van der Waals surface area contributed by atoms with Gasteiger partial charge in [-0.1, -0.05) is 0 Å². The lowest BCUT2D eigenvalue weighted by Gasteiger charge is -2.35. The van der Waals surface area contributed by atoms with Crippen molar-refractivity contribution >= 4 is 33.3 Å². The molecule has 0 unspecified atom stereocenters. The molecule has 28 heavy (non-hydrogen) atoms. The molecule has 3 aromatic heterocycles. The first-order chi connectivity index (χ1) is 13.6. The van der Waals surface area contributed by atoms with Gasteiger partial charge >= 0.3 is 5.97 Å². The highest BCUT2D eigenvalue weighted by molar-refractivity contribution is 7.20. The van der Waals surface area contributed by atoms with E-state index in [1.54, 1.807) is 6.33 Å². The predicted molar refractivity (Wildman–Crippen MR) is 109 cm³/mol. The van der Waals surface area contributed by atoms with E-state index in [0.717, 1.165) is 60.1 Å². The normalized spacial score (nSPS) is 15.3. The molecule has 0 radical (unpaired) electrons. The molecule has 4 rings (SSSR count). The van der Waals surface area contributed by atoms with Crippen LogP contribution in [0.1, 0.15) is 28.0 Å². The van der Waals surface area contributed by atoms with Crippen LogP contribution in [0.15, 0.2) is 18.7 Å². The van der Waals surface area contributed by atoms with Crippen LogP contribution in [0.25, 0.3) is 10.2 Å². The highest BCUT2D eigenvalue weighted by Gasteiger charge is 2.25. The summed E-state index contributed by atoms with van der Waals surface area (Å²) in [5, 5.41) is 0.966. The molecule has 0 spiro atoms. The van der Waals surface area contributed by atoms with Gasteiger partial charge in [0.15, 0.2) is 0 Å². The lowest BCUT2D eigenvalue weighted by atomic mass is 10.2. The van der Waals surface area contributed by atoms with Crippen molar-refractivity contribution in [1.29, 1.82) is 0 Å². The van der Waals surface area contributed by atoms with Gasteiger partial charge in [0.05, 0.1) is 18.5 Å².